The molecule has 0 saturated carbocycles. The monoisotopic (exact) mass is 408 g/mol. The molecule has 0 aliphatic carbocycles. The lowest BCUT2D eigenvalue weighted by molar-refractivity contribution is -0.139. The van der Waals surface area contributed by atoms with Crippen molar-refractivity contribution < 1.29 is 29.3 Å². The first-order valence-electron chi connectivity index (χ1n) is 10.8. The number of unbranched alkanes of at least 4 members (excludes halogenated alkanes) is 9. The van der Waals surface area contributed by atoms with E-state index in [-0.39, 0.29) is 6.42 Å². The molecule has 1 unspecified atom stereocenters. The van der Waals surface area contributed by atoms with Gasteiger partial charge in [0.05, 0.1) is 13.0 Å². The van der Waals surface area contributed by atoms with E-state index in [9.17, 15) is 9.59 Å². The van der Waals surface area contributed by atoms with Crippen LogP contribution < -0.4 is 9.47 Å². The van der Waals surface area contributed by atoms with Crippen molar-refractivity contribution in [3.05, 3.63) is 24.3 Å². The average molecular weight is 409 g/mol. The zero-order valence-electron chi connectivity index (χ0n) is 17.6. The summed E-state index contributed by atoms with van der Waals surface area (Å²) in [7, 11) is 0. The second-order valence-corrected chi connectivity index (χ2v) is 7.50. The minimum Gasteiger partial charge on any atom is -0.490 e. The number of carboxylic acid groups (broad SMARTS) is 2. The van der Waals surface area contributed by atoms with Gasteiger partial charge in [0.2, 0.25) is 0 Å². The summed E-state index contributed by atoms with van der Waals surface area (Å²) in [5.41, 5.74) is 0. The number of aliphatic carboxylic acids is 2. The molecule has 2 N–H and O–H groups in total. The molecule has 164 valence electrons. The quantitative estimate of drug-likeness (QED) is 0.303. The molecule has 0 heterocycles. The fraction of sp³-hybridized carbons (Fsp3) is 0.652. The van der Waals surface area contributed by atoms with Crippen molar-refractivity contribution in [2.45, 2.75) is 90.1 Å². The van der Waals surface area contributed by atoms with Crippen LogP contribution in [0.2, 0.25) is 0 Å². The summed E-state index contributed by atoms with van der Waals surface area (Å²) >= 11 is 0. The molecule has 29 heavy (non-hydrogen) atoms. The lowest BCUT2D eigenvalue weighted by Gasteiger charge is -2.16. The van der Waals surface area contributed by atoms with Crippen molar-refractivity contribution in [1.29, 1.82) is 0 Å². The molecule has 0 spiro atoms. The highest BCUT2D eigenvalue weighted by Crippen LogP contribution is 2.28. The van der Waals surface area contributed by atoms with Gasteiger partial charge in [0.15, 0.2) is 11.5 Å². The van der Waals surface area contributed by atoms with Crippen LogP contribution >= 0.6 is 0 Å². The van der Waals surface area contributed by atoms with Gasteiger partial charge in [0.25, 0.3) is 0 Å². The van der Waals surface area contributed by atoms with E-state index in [1.165, 1.54) is 32.1 Å². The Morgan fingerprint density at radius 2 is 1.31 bits per heavy atom. The van der Waals surface area contributed by atoms with E-state index in [4.69, 9.17) is 19.7 Å². The summed E-state index contributed by atoms with van der Waals surface area (Å²) in [5.74, 6) is -0.330. The number of hydrogen-bond acceptors (Lipinski definition) is 4. The van der Waals surface area contributed by atoms with E-state index >= 15 is 0 Å². The number of ether oxygens (including phenoxy) is 2. The van der Waals surface area contributed by atoms with E-state index in [2.05, 4.69) is 0 Å². The molecule has 0 aromatic heterocycles. The van der Waals surface area contributed by atoms with E-state index in [0.29, 0.717) is 24.5 Å². The number of carbonyl (C=O) groups is 2. The summed E-state index contributed by atoms with van der Waals surface area (Å²) in [4.78, 5) is 21.2. The zero-order chi connectivity index (χ0) is 21.3. The molecule has 0 fully saturated rings. The first-order chi connectivity index (χ1) is 14.0. The van der Waals surface area contributed by atoms with Gasteiger partial charge >= 0.3 is 11.9 Å². The van der Waals surface area contributed by atoms with Crippen LogP contribution in [-0.2, 0) is 9.59 Å². The standard InChI is InChI=1S/C23H36O6/c1-19(18-23(26)27)29-21-15-12-11-14-20(21)28-17-13-9-7-5-3-2-4-6-8-10-16-22(24)25/h11-12,14-15,19H,2-10,13,16-18H2,1H3,(H,24,25)(H,26,27). The Bertz CT molecular complexity index is 586. The molecule has 0 aliphatic rings. The molecule has 0 radical (unpaired) electrons. The Labute approximate surface area is 174 Å². The summed E-state index contributed by atoms with van der Waals surface area (Å²) < 4.78 is 11.5. The van der Waals surface area contributed by atoms with Crippen LogP contribution in [0.1, 0.15) is 84.0 Å². The van der Waals surface area contributed by atoms with Gasteiger partial charge in [-0.25, -0.2) is 0 Å². The zero-order valence-corrected chi connectivity index (χ0v) is 17.6. The average Bonchev–Trinajstić information content (AvgIpc) is 2.65. The number of hydrogen-bond donors (Lipinski definition) is 2. The van der Waals surface area contributed by atoms with Gasteiger partial charge in [-0.05, 0) is 31.9 Å². The minimum atomic E-state index is -0.880. The van der Waals surface area contributed by atoms with E-state index in [0.717, 1.165) is 32.1 Å². The van der Waals surface area contributed by atoms with E-state index in [1.807, 2.05) is 18.2 Å². The smallest absolute Gasteiger partial charge is 0.307 e. The highest BCUT2D eigenvalue weighted by Gasteiger charge is 2.12. The first-order valence-corrected chi connectivity index (χ1v) is 10.8. The third kappa shape index (κ3) is 13.6. The van der Waals surface area contributed by atoms with Crippen molar-refractivity contribution in [2.24, 2.45) is 0 Å². The van der Waals surface area contributed by atoms with Crippen molar-refractivity contribution >= 4 is 11.9 Å². The second kappa shape index (κ2) is 15.7. The molecule has 0 bridgehead atoms. The van der Waals surface area contributed by atoms with Crippen molar-refractivity contribution in [3.8, 4) is 11.5 Å². The van der Waals surface area contributed by atoms with Gasteiger partial charge in [-0.15, -0.1) is 0 Å². The van der Waals surface area contributed by atoms with Crippen LogP contribution in [-0.4, -0.2) is 34.9 Å². The van der Waals surface area contributed by atoms with Gasteiger partial charge in [-0.2, -0.15) is 0 Å². The molecule has 1 atom stereocenters. The predicted molar refractivity (Wildman–Crippen MR) is 113 cm³/mol. The topological polar surface area (TPSA) is 93.1 Å². The van der Waals surface area contributed by atoms with E-state index in [1.54, 1.807) is 13.0 Å². The molecule has 0 amide bonds. The summed E-state index contributed by atoms with van der Waals surface area (Å²) in [5, 5.41) is 17.4. The Hall–Kier alpha value is -2.24. The summed E-state index contributed by atoms with van der Waals surface area (Å²) in [6, 6.07) is 7.38. The number of rotatable bonds is 18. The van der Waals surface area contributed by atoms with Crippen LogP contribution in [0.4, 0.5) is 0 Å². The predicted octanol–water partition coefficient (Wildman–Crippen LogP) is 5.68. The molecule has 1 aromatic carbocycles. The molecule has 6 nitrogen and oxygen atoms in total. The molecule has 0 saturated heterocycles. The molecule has 0 aliphatic heterocycles. The van der Waals surface area contributed by atoms with Gasteiger partial charge in [0.1, 0.15) is 6.10 Å². The second-order valence-electron chi connectivity index (χ2n) is 7.50. The Balaban J connectivity index is 2.05. The van der Waals surface area contributed by atoms with Crippen LogP contribution in [0, 0.1) is 0 Å². The maximum absolute atomic E-state index is 10.8. The van der Waals surface area contributed by atoms with Gasteiger partial charge < -0.3 is 19.7 Å². The Kier molecular flexibility index (Phi) is 13.4. The number of para-hydroxylation sites is 2. The first kappa shape index (κ1) is 24.8. The molecule has 6 heteroatoms. The van der Waals surface area contributed by atoms with Crippen molar-refractivity contribution in [2.75, 3.05) is 6.61 Å². The summed E-state index contributed by atoms with van der Waals surface area (Å²) in [6.45, 7) is 2.36. The van der Waals surface area contributed by atoms with Gasteiger partial charge in [0, 0.05) is 6.42 Å². The largest absolute Gasteiger partial charge is 0.490 e. The molecular formula is C23H36O6. The highest BCUT2D eigenvalue weighted by atomic mass is 16.5. The lowest BCUT2D eigenvalue weighted by Crippen LogP contribution is -2.17. The Morgan fingerprint density at radius 3 is 1.86 bits per heavy atom. The normalized spacial score (nSPS) is 11.8. The molecule has 1 aromatic rings. The van der Waals surface area contributed by atoms with Crippen LogP contribution in [0.25, 0.3) is 0 Å². The minimum absolute atomic E-state index is 0.0450. The van der Waals surface area contributed by atoms with Gasteiger partial charge in [-0.3, -0.25) is 9.59 Å². The number of benzene rings is 1. The molecule has 1 rings (SSSR count). The van der Waals surface area contributed by atoms with Crippen molar-refractivity contribution in [1.82, 2.24) is 0 Å². The number of carboxylic acids is 2. The fourth-order valence-corrected chi connectivity index (χ4v) is 3.15. The lowest BCUT2D eigenvalue weighted by atomic mass is 10.1. The van der Waals surface area contributed by atoms with Gasteiger partial charge in [-0.1, -0.05) is 63.5 Å². The third-order valence-corrected chi connectivity index (χ3v) is 4.68. The third-order valence-electron chi connectivity index (χ3n) is 4.68. The fourth-order valence-electron chi connectivity index (χ4n) is 3.15. The Morgan fingerprint density at radius 1 is 0.793 bits per heavy atom. The van der Waals surface area contributed by atoms with Crippen molar-refractivity contribution in [3.63, 3.8) is 0 Å². The maximum Gasteiger partial charge on any atom is 0.307 e. The maximum atomic E-state index is 10.8. The summed E-state index contributed by atoms with van der Waals surface area (Å²) in [6.07, 6.45) is 11.0. The van der Waals surface area contributed by atoms with Crippen LogP contribution in [0.3, 0.4) is 0 Å². The highest BCUT2D eigenvalue weighted by molar-refractivity contribution is 5.67. The van der Waals surface area contributed by atoms with Crippen LogP contribution in [0.5, 0.6) is 11.5 Å². The van der Waals surface area contributed by atoms with E-state index < -0.39 is 18.0 Å². The van der Waals surface area contributed by atoms with Crippen LogP contribution in [0.15, 0.2) is 24.3 Å². The molecular weight excluding hydrogens is 372 g/mol. The SMILES string of the molecule is CC(CC(=O)O)Oc1ccccc1OCCCCCCCCCCCCC(=O)O.